The summed E-state index contributed by atoms with van der Waals surface area (Å²) in [5.41, 5.74) is 7.52. The van der Waals surface area contributed by atoms with Crippen molar-refractivity contribution in [2.75, 3.05) is 13.1 Å². The highest BCUT2D eigenvalue weighted by Crippen LogP contribution is 2.31. The molecule has 1 fully saturated rings. The van der Waals surface area contributed by atoms with E-state index in [0.29, 0.717) is 18.0 Å². The molecule has 3 atom stereocenters. The van der Waals surface area contributed by atoms with Gasteiger partial charge in [-0.1, -0.05) is 35.0 Å². The minimum atomic E-state index is 0.308. The van der Waals surface area contributed by atoms with E-state index in [2.05, 4.69) is 58.9 Å². The van der Waals surface area contributed by atoms with Gasteiger partial charge in [0.1, 0.15) is 0 Å². The molecule has 0 radical (unpaired) electrons. The summed E-state index contributed by atoms with van der Waals surface area (Å²) in [6, 6.07) is 9.56. The average molecular weight is 325 g/mol. The molecule has 2 nitrogen and oxygen atoms in total. The van der Waals surface area contributed by atoms with Crippen LogP contribution < -0.4 is 5.73 Å². The Labute approximate surface area is 125 Å². The number of nitrogens with two attached hydrogens (primary N) is 1. The van der Waals surface area contributed by atoms with Crippen LogP contribution in [0, 0.1) is 5.92 Å². The van der Waals surface area contributed by atoms with Crippen LogP contribution in [0.25, 0.3) is 0 Å². The predicted octanol–water partition coefficient (Wildman–Crippen LogP) is 3.96. The fourth-order valence-electron chi connectivity index (χ4n) is 3.17. The quantitative estimate of drug-likeness (QED) is 0.908. The molecule has 3 unspecified atom stereocenters. The third-order valence-electron chi connectivity index (χ3n) is 4.29. The van der Waals surface area contributed by atoms with Gasteiger partial charge in [-0.3, -0.25) is 4.90 Å². The highest BCUT2D eigenvalue weighted by Gasteiger charge is 2.27. The van der Waals surface area contributed by atoms with Crippen LogP contribution in [0.5, 0.6) is 0 Å². The summed E-state index contributed by atoms with van der Waals surface area (Å²) in [5.74, 6) is 0.648. The van der Waals surface area contributed by atoms with Gasteiger partial charge in [0.15, 0.2) is 0 Å². The lowest BCUT2D eigenvalue weighted by Crippen LogP contribution is -2.43. The highest BCUT2D eigenvalue weighted by molar-refractivity contribution is 9.10. The van der Waals surface area contributed by atoms with Crippen LogP contribution in [0.3, 0.4) is 0 Å². The molecule has 1 heterocycles. The van der Waals surface area contributed by atoms with Crippen molar-refractivity contribution in [1.29, 1.82) is 0 Å². The Kier molecular flexibility index (Phi) is 5.43. The Morgan fingerprint density at radius 1 is 1.47 bits per heavy atom. The van der Waals surface area contributed by atoms with E-state index in [4.69, 9.17) is 5.73 Å². The zero-order valence-corrected chi connectivity index (χ0v) is 13.6. The molecule has 0 bridgehead atoms. The van der Waals surface area contributed by atoms with E-state index in [1.807, 2.05) is 0 Å². The highest BCUT2D eigenvalue weighted by atomic mass is 79.9. The number of likely N-dealkylation sites (tertiary alicyclic amines) is 1. The zero-order chi connectivity index (χ0) is 13.8. The number of piperidine rings is 1. The molecule has 1 aromatic rings. The topological polar surface area (TPSA) is 29.3 Å². The first-order chi connectivity index (χ1) is 9.11. The Hall–Kier alpha value is -0.380. The molecule has 1 aliphatic rings. The van der Waals surface area contributed by atoms with Crippen molar-refractivity contribution in [3.05, 3.63) is 34.3 Å². The lowest BCUT2D eigenvalue weighted by molar-refractivity contribution is 0.110. The molecular weight excluding hydrogens is 300 g/mol. The smallest absolute Gasteiger partial charge is 0.0346 e. The molecule has 0 aliphatic carbocycles. The minimum Gasteiger partial charge on any atom is -0.328 e. The second kappa shape index (κ2) is 6.87. The van der Waals surface area contributed by atoms with Gasteiger partial charge in [-0.25, -0.2) is 0 Å². The molecule has 1 aromatic carbocycles. The molecule has 0 aromatic heterocycles. The molecule has 1 saturated heterocycles. The van der Waals surface area contributed by atoms with Crippen LogP contribution >= 0.6 is 15.9 Å². The van der Waals surface area contributed by atoms with Crippen molar-refractivity contribution < 1.29 is 0 Å². The molecule has 2 rings (SSSR count). The van der Waals surface area contributed by atoms with Crippen molar-refractivity contribution in [2.24, 2.45) is 11.7 Å². The van der Waals surface area contributed by atoms with Gasteiger partial charge in [0.05, 0.1) is 0 Å². The van der Waals surface area contributed by atoms with Gasteiger partial charge < -0.3 is 5.73 Å². The van der Waals surface area contributed by atoms with Gasteiger partial charge in [0, 0.05) is 23.1 Å². The van der Waals surface area contributed by atoms with Crippen LogP contribution in [-0.2, 0) is 0 Å². The van der Waals surface area contributed by atoms with Crippen LogP contribution in [0.15, 0.2) is 28.7 Å². The van der Waals surface area contributed by atoms with E-state index in [1.54, 1.807) is 0 Å². The molecule has 1 aliphatic heterocycles. The molecular formula is C16H25BrN2. The Morgan fingerprint density at radius 3 is 2.89 bits per heavy atom. The Balaban J connectivity index is 2.13. The van der Waals surface area contributed by atoms with Crippen molar-refractivity contribution in [2.45, 2.75) is 45.2 Å². The summed E-state index contributed by atoms with van der Waals surface area (Å²) in [6.45, 7) is 6.77. The van der Waals surface area contributed by atoms with Gasteiger partial charge in [-0.05, 0) is 56.3 Å². The SMILES string of the molecule is CCC(c1cccc(Br)c1)N1CCCC(C(C)N)C1. The fourth-order valence-corrected chi connectivity index (χ4v) is 3.59. The average Bonchev–Trinajstić information content (AvgIpc) is 2.40. The predicted molar refractivity (Wildman–Crippen MR) is 85.1 cm³/mol. The number of nitrogens with zero attached hydrogens (tertiary/aromatic N) is 1. The van der Waals surface area contributed by atoms with E-state index < -0.39 is 0 Å². The summed E-state index contributed by atoms with van der Waals surface area (Å²) in [6.07, 6.45) is 3.71. The molecule has 0 spiro atoms. The zero-order valence-electron chi connectivity index (χ0n) is 12.0. The molecule has 0 amide bonds. The van der Waals surface area contributed by atoms with E-state index >= 15 is 0 Å². The third-order valence-corrected chi connectivity index (χ3v) is 4.79. The first-order valence-electron chi connectivity index (χ1n) is 7.37. The van der Waals surface area contributed by atoms with Crippen LogP contribution in [0.2, 0.25) is 0 Å². The van der Waals surface area contributed by atoms with Crippen LogP contribution in [0.1, 0.15) is 44.7 Å². The van der Waals surface area contributed by atoms with Crippen molar-refractivity contribution in [3.8, 4) is 0 Å². The summed E-state index contributed by atoms with van der Waals surface area (Å²) in [7, 11) is 0. The molecule has 0 saturated carbocycles. The lowest BCUT2D eigenvalue weighted by atomic mass is 9.90. The maximum atomic E-state index is 6.10. The van der Waals surface area contributed by atoms with Crippen LogP contribution in [-0.4, -0.2) is 24.0 Å². The summed E-state index contributed by atoms with van der Waals surface area (Å²) >= 11 is 3.58. The standard InChI is InChI=1S/C16H25BrN2/c1-3-16(13-6-4-8-15(17)10-13)19-9-5-7-14(11-19)12(2)18/h4,6,8,10,12,14,16H,3,5,7,9,11,18H2,1-2H3. The number of rotatable bonds is 4. The maximum absolute atomic E-state index is 6.10. The largest absolute Gasteiger partial charge is 0.328 e. The van der Waals surface area contributed by atoms with E-state index in [1.165, 1.54) is 29.4 Å². The lowest BCUT2D eigenvalue weighted by Gasteiger charge is -2.39. The number of hydrogen-bond donors (Lipinski definition) is 1. The van der Waals surface area contributed by atoms with E-state index in [-0.39, 0.29) is 0 Å². The van der Waals surface area contributed by atoms with Crippen LogP contribution in [0.4, 0.5) is 0 Å². The normalized spacial score (nSPS) is 24.1. The van der Waals surface area contributed by atoms with Gasteiger partial charge in [-0.15, -0.1) is 0 Å². The van der Waals surface area contributed by atoms with E-state index in [9.17, 15) is 0 Å². The molecule has 2 N–H and O–H groups in total. The number of benzene rings is 1. The second-order valence-corrected chi connectivity index (χ2v) is 6.65. The summed E-state index contributed by atoms with van der Waals surface area (Å²) < 4.78 is 1.17. The van der Waals surface area contributed by atoms with Gasteiger partial charge in [0.2, 0.25) is 0 Å². The van der Waals surface area contributed by atoms with Gasteiger partial charge in [0.25, 0.3) is 0 Å². The first kappa shape index (κ1) is 15.0. The van der Waals surface area contributed by atoms with Gasteiger partial charge in [-0.2, -0.15) is 0 Å². The first-order valence-corrected chi connectivity index (χ1v) is 8.16. The molecule has 3 heteroatoms. The number of hydrogen-bond acceptors (Lipinski definition) is 2. The monoisotopic (exact) mass is 324 g/mol. The van der Waals surface area contributed by atoms with E-state index in [0.717, 1.165) is 13.0 Å². The Morgan fingerprint density at radius 2 is 2.26 bits per heavy atom. The van der Waals surface area contributed by atoms with Gasteiger partial charge >= 0.3 is 0 Å². The third kappa shape index (κ3) is 3.80. The fraction of sp³-hybridized carbons (Fsp3) is 0.625. The second-order valence-electron chi connectivity index (χ2n) is 5.74. The molecule has 106 valence electrons. The van der Waals surface area contributed by atoms with Crippen molar-refractivity contribution in [3.63, 3.8) is 0 Å². The summed E-state index contributed by atoms with van der Waals surface area (Å²) in [5, 5.41) is 0. The van der Waals surface area contributed by atoms with Crippen molar-refractivity contribution >= 4 is 15.9 Å². The minimum absolute atomic E-state index is 0.308. The Bertz CT molecular complexity index is 405. The van der Waals surface area contributed by atoms with Crippen molar-refractivity contribution in [1.82, 2.24) is 4.90 Å². The number of halogens is 1. The maximum Gasteiger partial charge on any atom is 0.0346 e. The molecule has 19 heavy (non-hydrogen) atoms. The summed E-state index contributed by atoms with van der Waals surface area (Å²) in [4.78, 5) is 2.62.